The maximum Gasteiger partial charge on any atom is 0.264 e. The molecule has 1 aliphatic rings. The van der Waals surface area contributed by atoms with Gasteiger partial charge in [-0.3, -0.25) is 13.9 Å². The molecule has 0 aliphatic heterocycles. The Morgan fingerprint density at radius 1 is 0.778 bits per heavy atom. The van der Waals surface area contributed by atoms with E-state index in [2.05, 4.69) is 5.32 Å². The molecule has 1 fully saturated rings. The standard InChI is InChI=1S/C36H38ClN3O4S/c37-33-24-14-13-17-29(33)26-39(34(25-28-15-5-1-6-16-28)36(42)38-30-18-7-2-8-19-30)35(41)27-40(31-20-9-3-10-21-31)45(43,44)32-22-11-4-12-23-32/h1,3-6,9-17,20-24,30,34H,2,7-8,18-19,25-27H2,(H,38,42)/t34-/m1/s1. The number of nitrogens with zero attached hydrogens (tertiary/aromatic N) is 2. The average Bonchev–Trinajstić information content (AvgIpc) is 3.07. The minimum Gasteiger partial charge on any atom is -0.352 e. The van der Waals surface area contributed by atoms with Crippen LogP contribution in [0, 0.1) is 0 Å². The molecule has 0 heterocycles. The molecule has 0 bridgehead atoms. The van der Waals surface area contributed by atoms with Gasteiger partial charge in [0.1, 0.15) is 12.6 Å². The van der Waals surface area contributed by atoms with Crippen LogP contribution in [0.2, 0.25) is 5.02 Å². The van der Waals surface area contributed by atoms with Crippen LogP contribution in [0.5, 0.6) is 0 Å². The van der Waals surface area contributed by atoms with Gasteiger partial charge in [-0.05, 0) is 54.3 Å². The number of carbonyl (C=O) groups excluding carboxylic acids is 2. The summed E-state index contributed by atoms with van der Waals surface area (Å²) in [6.45, 7) is -0.476. The van der Waals surface area contributed by atoms with E-state index in [1.54, 1.807) is 60.7 Å². The summed E-state index contributed by atoms with van der Waals surface area (Å²) >= 11 is 6.58. The van der Waals surface area contributed by atoms with E-state index in [9.17, 15) is 18.0 Å². The number of hydrogen-bond acceptors (Lipinski definition) is 4. The van der Waals surface area contributed by atoms with Crippen LogP contribution in [0.15, 0.2) is 120 Å². The van der Waals surface area contributed by atoms with Crippen LogP contribution in [0.1, 0.15) is 43.2 Å². The molecule has 7 nitrogen and oxygen atoms in total. The molecule has 1 saturated carbocycles. The van der Waals surface area contributed by atoms with Gasteiger partial charge in [-0.25, -0.2) is 8.42 Å². The SMILES string of the molecule is O=C(NC1CCCCC1)[C@@H](Cc1ccccc1)N(Cc1ccccc1Cl)C(=O)CN(c1ccccc1)S(=O)(=O)c1ccccc1. The molecule has 1 N–H and O–H groups in total. The van der Waals surface area contributed by atoms with Gasteiger partial charge in [-0.15, -0.1) is 0 Å². The van der Waals surface area contributed by atoms with E-state index in [0.717, 1.165) is 42.0 Å². The number of halogens is 1. The third-order valence-electron chi connectivity index (χ3n) is 8.18. The fraction of sp³-hybridized carbons (Fsp3) is 0.278. The van der Waals surface area contributed by atoms with Crippen molar-refractivity contribution >= 4 is 39.1 Å². The van der Waals surface area contributed by atoms with Crippen molar-refractivity contribution < 1.29 is 18.0 Å². The van der Waals surface area contributed by atoms with E-state index in [-0.39, 0.29) is 29.8 Å². The quantitative estimate of drug-likeness (QED) is 0.188. The van der Waals surface area contributed by atoms with Crippen molar-refractivity contribution in [3.05, 3.63) is 131 Å². The van der Waals surface area contributed by atoms with Gasteiger partial charge in [-0.2, -0.15) is 0 Å². The van der Waals surface area contributed by atoms with E-state index in [4.69, 9.17) is 11.6 Å². The first-order chi connectivity index (χ1) is 21.8. The van der Waals surface area contributed by atoms with Crippen LogP contribution in [0.3, 0.4) is 0 Å². The molecule has 0 spiro atoms. The molecule has 4 aromatic carbocycles. The van der Waals surface area contributed by atoms with E-state index >= 15 is 0 Å². The third-order valence-corrected chi connectivity index (χ3v) is 10.3. The second kappa shape index (κ2) is 15.2. The second-order valence-corrected chi connectivity index (χ2v) is 13.6. The summed E-state index contributed by atoms with van der Waals surface area (Å²) in [6.07, 6.45) is 5.26. The Balaban J connectivity index is 1.55. The zero-order valence-corrected chi connectivity index (χ0v) is 26.7. The highest BCUT2D eigenvalue weighted by Gasteiger charge is 2.35. The van der Waals surface area contributed by atoms with E-state index < -0.39 is 28.5 Å². The fourth-order valence-electron chi connectivity index (χ4n) is 5.75. The molecule has 5 rings (SSSR count). The lowest BCUT2D eigenvalue weighted by Crippen LogP contribution is -2.55. The lowest BCUT2D eigenvalue weighted by atomic mass is 9.94. The molecule has 4 aromatic rings. The molecule has 9 heteroatoms. The molecular weight excluding hydrogens is 606 g/mol. The molecule has 234 valence electrons. The van der Waals surface area contributed by atoms with Crippen LogP contribution in [-0.2, 0) is 32.6 Å². The first-order valence-corrected chi connectivity index (χ1v) is 17.1. The number of sulfonamides is 1. The van der Waals surface area contributed by atoms with Crippen LogP contribution >= 0.6 is 11.6 Å². The monoisotopic (exact) mass is 643 g/mol. The Bertz CT molecular complexity index is 1660. The van der Waals surface area contributed by atoms with Gasteiger partial charge in [-0.1, -0.05) is 116 Å². The van der Waals surface area contributed by atoms with Crippen molar-refractivity contribution in [2.45, 2.75) is 62.0 Å². The summed E-state index contributed by atoms with van der Waals surface area (Å²) < 4.78 is 29.1. The molecule has 2 amide bonds. The highest BCUT2D eigenvalue weighted by atomic mass is 35.5. The van der Waals surface area contributed by atoms with Crippen LogP contribution in [0.4, 0.5) is 5.69 Å². The predicted octanol–water partition coefficient (Wildman–Crippen LogP) is 6.62. The summed E-state index contributed by atoms with van der Waals surface area (Å²) in [5, 5.41) is 3.68. The number of carbonyl (C=O) groups is 2. The Morgan fingerprint density at radius 2 is 1.36 bits per heavy atom. The maximum absolute atomic E-state index is 14.5. The summed E-state index contributed by atoms with van der Waals surface area (Å²) in [6, 6.07) is 32.5. The van der Waals surface area contributed by atoms with Crippen LogP contribution < -0.4 is 9.62 Å². The van der Waals surface area contributed by atoms with Crippen molar-refractivity contribution in [3.63, 3.8) is 0 Å². The number of benzene rings is 4. The Labute approximate surface area is 270 Å². The third kappa shape index (κ3) is 8.32. The van der Waals surface area contributed by atoms with E-state index in [0.29, 0.717) is 16.3 Å². The second-order valence-electron chi connectivity index (χ2n) is 11.3. The van der Waals surface area contributed by atoms with Gasteiger partial charge in [0.2, 0.25) is 11.8 Å². The molecule has 1 aliphatic carbocycles. The summed E-state index contributed by atoms with van der Waals surface area (Å²) in [5.41, 5.74) is 1.89. The molecule has 0 saturated heterocycles. The Hall–Kier alpha value is -4.14. The lowest BCUT2D eigenvalue weighted by molar-refractivity contribution is -0.140. The molecule has 0 radical (unpaired) electrons. The fourth-order valence-corrected chi connectivity index (χ4v) is 7.38. The van der Waals surface area contributed by atoms with E-state index in [1.807, 2.05) is 42.5 Å². The number of para-hydroxylation sites is 1. The highest BCUT2D eigenvalue weighted by molar-refractivity contribution is 7.92. The summed E-state index contributed by atoms with van der Waals surface area (Å²) in [7, 11) is -4.13. The zero-order chi connectivity index (χ0) is 31.6. The normalized spacial score (nSPS) is 14.3. The van der Waals surface area contributed by atoms with Crippen molar-refractivity contribution in [1.29, 1.82) is 0 Å². The first-order valence-electron chi connectivity index (χ1n) is 15.3. The number of amides is 2. The van der Waals surface area contributed by atoms with Gasteiger partial charge in [0.25, 0.3) is 10.0 Å². The average molecular weight is 644 g/mol. The number of anilines is 1. The number of nitrogens with one attached hydrogen (secondary N) is 1. The largest absolute Gasteiger partial charge is 0.352 e. The van der Waals surface area contributed by atoms with Gasteiger partial charge in [0.15, 0.2) is 0 Å². The lowest BCUT2D eigenvalue weighted by Gasteiger charge is -2.35. The van der Waals surface area contributed by atoms with Crippen molar-refractivity contribution in [2.75, 3.05) is 10.8 Å². The minimum atomic E-state index is -4.13. The molecule has 0 aromatic heterocycles. The highest BCUT2D eigenvalue weighted by Crippen LogP contribution is 2.26. The maximum atomic E-state index is 14.5. The van der Waals surface area contributed by atoms with Crippen molar-refractivity contribution in [3.8, 4) is 0 Å². The zero-order valence-electron chi connectivity index (χ0n) is 25.1. The minimum absolute atomic E-state index is 0.0288. The van der Waals surface area contributed by atoms with E-state index in [1.165, 1.54) is 17.0 Å². The Morgan fingerprint density at radius 3 is 2.00 bits per heavy atom. The molecule has 1 atom stereocenters. The molecule has 45 heavy (non-hydrogen) atoms. The van der Waals surface area contributed by atoms with Gasteiger partial charge in [0.05, 0.1) is 10.6 Å². The molecular formula is C36H38ClN3O4S. The predicted molar refractivity (Wildman–Crippen MR) is 178 cm³/mol. The van der Waals surface area contributed by atoms with Gasteiger partial charge in [0, 0.05) is 24.0 Å². The van der Waals surface area contributed by atoms with Crippen molar-refractivity contribution in [1.82, 2.24) is 10.2 Å². The topological polar surface area (TPSA) is 86.8 Å². The summed E-state index contributed by atoms with van der Waals surface area (Å²) in [4.78, 5) is 30.2. The summed E-state index contributed by atoms with van der Waals surface area (Å²) in [5.74, 6) is -0.777. The first kappa shape index (κ1) is 32.3. The Kier molecular flexibility index (Phi) is 10.9. The smallest absolute Gasteiger partial charge is 0.264 e. The van der Waals surface area contributed by atoms with Crippen molar-refractivity contribution in [2.24, 2.45) is 0 Å². The van der Waals surface area contributed by atoms with Gasteiger partial charge >= 0.3 is 0 Å². The van der Waals surface area contributed by atoms with Gasteiger partial charge < -0.3 is 10.2 Å². The number of hydrogen-bond donors (Lipinski definition) is 1. The van der Waals surface area contributed by atoms with Crippen LogP contribution in [-0.4, -0.2) is 43.8 Å². The van der Waals surface area contributed by atoms with Crippen LogP contribution in [0.25, 0.3) is 0 Å². The number of rotatable bonds is 12. The molecule has 0 unspecified atom stereocenters.